The highest BCUT2D eigenvalue weighted by Gasteiger charge is 2.12. The first-order valence-corrected chi connectivity index (χ1v) is 6.74. The average Bonchev–Trinajstić information content (AvgIpc) is 2.56. The number of amides is 2. The predicted molar refractivity (Wildman–Crippen MR) is 84.7 cm³/mol. The molecule has 0 radical (unpaired) electrons. The van der Waals surface area contributed by atoms with Crippen molar-refractivity contribution in [3.8, 4) is 11.5 Å². The van der Waals surface area contributed by atoms with Gasteiger partial charge < -0.3 is 15.2 Å². The Morgan fingerprint density at radius 2 is 1.88 bits per heavy atom. The van der Waals surface area contributed by atoms with Gasteiger partial charge in [-0.15, -0.1) is 0 Å². The molecule has 0 saturated carbocycles. The van der Waals surface area contributed by atoms with E-state index in [0.29, 0.717) is 5.56 Å². The number of urea groups is 1. The minimum absolute atomic E-state index is 0.187. The molecule has 0 aliphatic heterocycles. The number of methoxy groups -OCH3 is 1. The van der Waals surface area contributed by atoms with Gasteiger partial charge in [-0.05, 0) is 48.0 Å². The van der Waals surface area contributed by atoms with Crippen LogP contribution >= 0.6 is 0 Å². The van der Waals surface area contributed by atoms with Crippen molar-refractivity contribution < 1.29 is 23.5 Å². The van der Waals surface area contributed by atoms with Gasteiger partial charge in [-0.2, -0.15) is 5.10 Å². The number of hydrogen-bond donors (Lipinski definition) is 2. The third-order valence-corrected chi connectivity index (χ3v) is 2.86. The van der Waals surface area contributed by atoms with Crippen LogP contribution in [0.25, 0.3) is 0 Å². The Balaban J connectivity index is 2.15. The molecule has 0 aliphatic carbocycles. The number of primary amides is 1. The first kappa shape index (κ1) is 16.9. The molecule has 2 rings (SSSR count). The lowest BCUT2D eigenvalue weighted by Crippen LogP contribution is -2.24. The quantitative estimate of drug-likeness (QED) is 0.379. The van der Waals surface area contributed by atoms with E-state index in [1.807, 2.05) is 0 Å². The molecule has 8 heteroatoms. The lowest BCUT2D eigenvalue weighted by molar-refractivity contribution is 0.0729. The van der Waals surface area contributed by atoms with Gasteiger partial charge in [-0.25, -0.2) is 19.4 Å². The van der Waals surface area contributed by atoms with Crippen molar-refractivity contribution in [1.29, 1.82) is 0 Å². The first-order chi connectivity index (χ1) is 11.5. The van der Waals surface area contributed by atoms with E-state index in [4.69, 9.17) is 15.2 Å². The van der Waals surface area contributed by atoms with Crippen LogP contribution in [0.3, 0.4) is 0 Å². The lowest BCUT2D eigenvalue weighted by Gasteiger charge is -2.10. The van der Waals surface area contributed by atoms with E-state index in [1.165, 1.54) is 43.7 Å². The number of rotatable bonds is 5. The van der Waals surface area contributed by atoms with Gasteiger partial charge in [0.15, 0.2) is 11.5 Å². The summed E-state index contributed by atoms with van der Waals surface area (Å²) in [5.41, 5.74) is 7.73. The molecule has 2 aromatic rings. The summed E-state index contributed by atoms with van der Waals surface area (Å²) >= 11 is 0. The summed E-state index contributed by atoms with van der Waals surface area (Å²) < 4.78 is 23.3. The first-order valence-electron chi connectivity index (χ1n) is 6.74. The Bertz CT molecular complexity index is 775. The standard InChI is InChI=1S/C16H14FN3O4/c1-23-14-8-10(9-19-20-16(18)22)2-7-13(14)24-15(21)11-3-5-12(17)6-4-11/h2-9H,1H3,(H3,18,20,22)/b19-9-. The van der Waals surface area contributed by atoms with Gasteiger partial charge in [-0.3, -0.25) is 0 Å². The SMILES string of the molecule is COc1cc(/C=N\NC(N)=O)ccc1OC(=O)c1ccc(F)cc1. The summed E-state index contributed by atoms with van der Waals surface area (Å²) in [5.74, 6) is -0.622. The summed E-state index contributed by atoms with van der Waals surface area (Å²) in [5, 5.41) is 3.61. The minimum atomic E-state index is -0.789. The second kappa shape index (κ2) is 7.73. The number of carbonyl (C=O) groups excluding carboxylic acids is 2. The van der Waals surface area contributed by atoms with Crippen LogP contribution in [-0.4, -0.2) is 25.3 Å². The second-order valence-electron chi connectivity index (χ2n) is 4.54. The third kappa shape index (κ3) is 4.54. The number of carbonyl (C=O) groups is 2. The number of esters is 1. The molecule has 2 amide bonds. The maximum atomic E-state index is 12.9. The summed E-state index contributed by atoms with van der Waals surface area (Å²) in [4.78, 5) is 22.6. The molecule has 0 aromatic heterocycles. The van der Waals surface area contributed by atoms with Crippen LogP contribution in [0.2, 0.25) is 0 Å². The summed E-state index contributed by atoms with van der Waals surface area (Å²) in [7, 11) is 1.41. The van der Waals surface area contributed by atoms with Crippen molar-refractivity contribution in [2.75, 3.05) is 7.11 Å². The van der Waals surface area contributed by atoms with Crippen molar-refractivity contribution in [1.82, 2.24) is 5.43 Å². The number of ether oxygens (including phenoxy) is 2. The fourth-order valence-corrected chi connectivity index (χ4v) is 1.76. The van der Waals surface area contributed by atoms with Crippen molar-refractivity contribution >= 4 is 18.2 Å². The Kier molecular flexibility index (Phi) is 5.45. The Morgan fingerprint density at radius 1 is 1.17 bits per heavy atom. The predicted octanol–water partition coefficient (Wildman–Crippen LogP) is 2.06. The molecule has 124 valence electrons. The summed E-state index contributed by atoms with van der Waals surface area (Å²) in [6.07, 6.45) is 1.35. The number of halogens is 1. The molecule has 2 aromatic carbocycles. The Morgan fingerprint density at radius 3 is 2.50 bits per heavy atom. The average molecular weight is 331 g/mol. The molecule has 0 bridgehead atoms. The monoisotopic (exact) mass is 331 g/mol. The normalized spacial score (nSPS) is 10.4. The van der Waals surface area contributed by atoms with Crippen LogP contribution in [0, 0.1) is 5.82 Å². The number of nitrogens with zero attached hydrogens (tertiary/aromatic N) is 1. The molecule has 0 unspecified atom stereocenters. The maximum Gasteiger partial charge on any atom is 0.343 e. The molecule has 0 heterocycles. The van der Waals surface area contributed by atoms with E-state index in [-0.39, 0.29) is 17.1 Å². The van der Waals surface area contributed by atoms with Crippen LogP contribution in [0.1, 0.15) is 15.9 Å². The largest absolute Gasteiger partial charge is 0.493 e. The van der Waals surface area contributed by atoms with Crippen LogP contribution in [0.5, 0.6) is 11.5 Å². The smallest absolute Gasteiger partial charge is 0.343 e. The number of hydrogen-bond acceptors (Lipinski definition) is 5. The zero-order chi connectivity index (χ0) is 17.5. The van der Waals surface area contributed by atoms with Crippen molar-refractivity contribution in [3.63, 3.8) is 0 Å². The summed E-state index contributed by atoms with van der Waals surface area (Å²) in [6.45, 7) is 0. The number of nitrogens with one attached hydrogen (secondary N) is 1. The van der Waals surface area contributed by atoms with E-state index < -0.39 is 17.8 Å². The topological polar surface area (TPSA) is 103 Å². The van der Waals surface area contributed by atoms with E-state index in [1.54, 1.807) is 12.1 Å². The Hall–Kier alpha value is -3.42. The van der Waals surface area contributed by atoms with Gasteiger partial charge in [0.1, 0.15) is 5.82 Å². The van der Waals surface area contributed by atoms with E-state index >= 15 is 0 Å². The molecule has 24 heavy (non-hydrogen) atoms. The fourth-order valence-electron chi connectivity index (χ4n) is 1.76. The zero-order valence-corrected chi connectivity index (χ0v) is 12.7. The molecule has 0 aliphatic rings. The van der Waals surface area contributed by atoms with Gasteiger partial charge in [0.25, 0.3) is 0 Å². The number of hydrazone groups is 1. The Labute approximate surface area is 136 Å². The molecular weight excluding hydrogens is 317 g/mol. The molecule has 0 saturated heterocycles. The highest BCUT2D eigenvalue weighted by molar-refractivity contribution is 5.91. The molecule has 7 nitrogen and oxygen atoms in total. The lowest BCUT2D eigenvalue weighted by atomic mass is 10.2. The van der Waals surface area contributed by atoms with Crippen molar-refractivity contribution in [3.05, 3.63) is 59.4 Å². The third-order valence-electron chi connectivity index (χ3n) is 2.86. The van der Waals surface area contributed by atoms with Crippen LogP contribution in [-0.2, 0) is 0 Å². The van der Waals surface area contributed by atoms with Gasteiger partial charge in [0.05, 0.1) is 18.9 Å². The fraction of sp³-hybridized carbons (Fsp3) is 0.0625. The van der Waals surface area contributed by atoms with Gasteiger partial charge in [0.2, 0.25) is 0 Å². The van der Waals surface area contributed by atoms with Crippen LogP contribution in [0.15, 0.2) is 47.6 Å². The van der Waals surface area contributed by atoms with E-state index in [9.17, 15) is 14.0 Å². The molecular formula is C16H14FN3O4. The molecule has 0 atom stereocenters. The van der Waals surface area contributed by atoms with E-state index in [2.05, 4.69) is 10.5 Å². The van der Waals surface area contributed by atoms with Gasteiger partial charge >= 0.3 is 12.0 Å². The molecule has 0 fully saturated rings. The van der Waals surface area contributed by atoms with Crippen LogP contribution in [0.4, 0.5) is 9.18 Å². The van der Waals surface area contributed by atoms with Crippen LogP contribution < -0.4 is 20.6 Å². The highest BCUT2D eigenvalue weighted by atomic mass is 19.1. The second-order valence-corrected chi connectivity index (χ2v) is 4.54. The highest BCUT2D eigenvalue weighted by Crippen LogP contribution is 2.28. The minimum Gasteiger partial charge on any atom is -0.493 e. The number of benzene rings is 2. The van der Waals surface area contributed by atoms with Gasteiger partial charge in [0, 0.05) is 0 Å². The van der Waals surface area contributed by atoms with Gasteiger partial charge in [-0.1, -0.05) is 0 Å². The number of nitrogens with two attached hydrogens (primary N) is 1. The summed E-state index contributed by atoms with van der Waals surface area (Å²) in [6, 6.07) is 8.84. The maximum absolute atomic E-state index is 12.9. The zero-order valence-electron chi connectivity index (χ0n) is 12.7. The van der Waals surface area contributed by atoms with Crippen molar-refractivity contribution in [2.45, 2.75) is 0 Å². The van der Waals surface area contributed by atoms with E-state index in [0.717, 1.165) is 0 Å². The molecule has 3 N–H and O–H groups in total. The molecule has 0 spiro atoms. The van der Waals surface area contributed by atoms with Crippen molar-refractivity contribution in [2.24, 2.45) is 10.8 Å².